The molecule has 0 unspecified atom stereocenters. The van der Waals surface area contributed by atoms with E-state index in [1.807, 2.05) is 0 Å². The first-order chi connectivity index (χ1) is 8.78. The highest BCUT2D eigenvalue weighted by molar-refractivity contribution is 6.17. The number of pyridine rings is 1. The summed E-state index contributed by atoms with van der Waals surface area (Å²) in [6.45, 7) is 0. The zero-order chi connectivity index (χ0) is 14.6. The van der Waals surface area contributed by atoms with Gasteiger partial charge < -0.3 is 14.6 Å². The lowest BCUT2D eigenvalue weighted by molar-refractivity contribution is -0.275. The van der Waals surface area contributed by atoms with E-state index in [1.165, 1.54) is 0 Å². The van der Waals surface area contributed by atoms with Gasteiger partial charge in [0.25, 0.3) is 0 Å². The minimum Gasteiger partial charge on any atom is -0.491 e. The molecular weight excluding hydrogens is 291 g/mol. The molecule has 1 N–H and O–H groups in total. The summed E-state index contributed by atoms with van der Waals surface area (Å²) in [5, 5.41) is 8.72. The fourth-order valence-corrected chi connectivity index (χ4v) is 1.60. The van der Waals surface area contributed by atoms with Crippen LogP contribution in [-0.2, 0) is 17.1 Å². The number of methoxy groups -OCH3 is 1. The Bertz CT molecular complexity index is 479. The Balaban J connectivity index is 3.38. The number of carbonyl (C=O) groups is 1. The molecule has 0 atom stereocenters. The van der Waals surface area contributed by atoms with Gasteiger partial charge in [-0.3, -0.25) is 9.78 Å². The Morgan fingerprint density at radius 1 is 1.53 bits per heavy atom. The number of aromatic nitrogens is 1. The quantitative estimate of drug-likeness (QED) is 0.845. The summed E-state index contributed by atoms with van der Waals surface area (Å²) in [5.41, 5.74) is -0.275. The number of alkyl halides is 4. The summed E-state index contributed by atoms with van der Waals surface area (Å²) < 4.78 is 45.5. The van der Waals surface area contributed by atoms with Gasteiger partial charge in [-0.15, -0.1) is 24.8 Å². The van der Waals surface area contributed by atoms with Crippen LogP contribution in [0.1, 0.15) is 11.3 Å². The third kappa shape index (κ3) is 4.16. The summed E-state index contributed by atoms with van der Waals surface area (Å²) in [6, 6.07) is 0. The molecule has 0 bridgehead atoms. The maximum atomic E-state index is 12.3. The van der Waals surface area contributed by atoms with Crippen molar-refractivity contribution in [1.82, 2.24) is 4.98 Å². The topological polar surface area (TPSA) is 68.7 Å². The molecule has 0 fully saturated rings. The lowest BCUT2D eigenvalue weighted by Crippen LogP contribution is -2.20. The molecule has 1 heterocycles. The standard InChI is InChI=1S/C10H9ClF3NO4/c1-18-7-4-15-6(3-11)5(2-8(16)17)9(7)19-10(12,13)14/h4H,2-3H2,1H3,(H,16,17). The van der Waals surface area contributed by atoms with E-state index in [0.29, 0.717) is 0 Å². The first-order valence-electron chi connectivity index (χ1n) is 4.86. The van der Waals surface area contributed by atoms with E-state index in [0.717, 1.165) is 13.3 Å². The number of hydrogen-bond acceptors (Lipinski definition) is 4. The van der Waals surface area contributed by atoms with Crippen LogP contribution in [0.5, 0.6) is 11.5 Å². The van der Waals surface area contributed by atoms with Crippen LogP contribution < -0.4 is 9.47 Å². The molecule has 1 aromatic heterocycles. The molecule has 0 saturated heterocycles. The van der Waals surface area contributed by atoms with Gasteiger partial charge in [0.2, 0.25) is 0 Å². The third-order valence-corrected chi connectivity index (χ3v) is 2.33. The lowest BCUT2D eigenvalue weighted by Gasteiger charge is -2.17. The smallest absolute Gasteiger partial charge is 0.491 e. The van der Waals surface area contributed by atoms with Gasteiger partial charge in [0.1, 0.15) is 0 Å². The van der Waals surface area contributed by atoms with Gasteiger partial charge in [0, 0.05) is 5.56 Å². The van der Waals surface area contributed by atoms with Crippen LogP contribution >= 0.6 is 11.6 Å². The highest BCUT2D eigenvalue weighted by Gasteiger charge is 2.35. The Morgan fingerprint density at radius 3 is 2.58 bits per heavy atom. The van der Waals surface area contributed by atoms with Gasteiger partial charge in [-0.2, -0.15) is 0 Å². The number of rotatable bonds is 5. The molecule has 5 nitrogen and oxygen atoms in total. The second kappa shape index (κ2) is 5.96. The molecule has 0 aliphatic carbocycles. The average Bonchev–Trinajstić information content (AvgIpc) is 2.28. The monoisotopic (exact) mass is 299 g/mol. The van der Waals surface area contributed by atoms with E-state index in [9.17, 15) is 18.0 Å². The van der Waals surface area contributed by atoms with E-state index in [1.54, 1.807) is 0 Å². The third-order valence-electron chi connectivity index (χ3n) is 2.08. The summed E-state index contributed by atoms with van der Waals surface area (Å²) in [7, 11) is 1.12. The molecule has 1 rings (SSSR count). The number of ether oxygens (including phenoxy) is 2. The fraction of sp³-hybridized carbons (Fsp3) is 0.400. The van der Waals surface area contributed by atoms with Crippen LogP contribution in [0.4, 0.5) is 13.2 Å². The first kappa shape index (κ1) is 15.4. The predicted octanol–water partition coefficient (Wildman–Crippen LogP) is 2.35. The van der Waals surface area contributed by atoms with Crippen molar-refractivity contribution in [2.45, 2.75) is 18.7 Å². The predicted molar refractivity (Wildman–Crippen MR) is 58.4 cm³/mol. The molecule has 1 aromatic rings. The summed E-state index contributed by atoms with van der Waals surface area (Å²) in [6.07, 6.45) is -4.70. The van der Waals surface area contributed by atoms with Gasteiger partial charge >= 0.3 is 12.3 Å². The molecule has 0 radical (unpaired) electrons. The molecule has 0 aromatic carbocycles. The van der Waals surface area contributed by atoms with Crippen molar-refractivity contribution in [3.63, 3.8) is 0 Å². The van der Waals surface area contributed by atoms with Crippen LogP contribution in [0.3, 0.4) is 0 Å². The summed E-state index contributed by atoms with van der Waals surface area (Å²) in [5.74, 6) is -2.64. The number of carboxylic acid groups (broad SMARTS) is 1. The fourth-order valence-electron chi connectivity index (χ4n) is 1.37. The number of aliphatic carboxylic acids is 1. The SMILES string of the molecule is COc1cnc(CCl)c(CC(=O)O)c1OC(F)(F)F. The van der Waals surface area contributed by atoms with Crippen LogP contribution in [0.25, 0.3) is 0 Å². The van der Waals surface area contributed by atoms with E-state index in [-0.39, 0.29) is 22.9 Å². The van der Waals surface area contributed by atoms with Crippen LogP contribution in [0.2, 0.25) is 0 Å². The van der Waals surface area contributed by atoms with Crippen molar-refractivity contribution in [3.05, 3.63) is 17.5 Å². The Morgan fingerprint density at radius 2 is 2.16 bits per heavy atom. The number of carboxylic acids is 1. The van der Waals surface area contributed by atoms with Crippen molar-refractivity contribution >= 4 is 17.6 Å². The van der Waals surface area contributed by atoms with E-state index < -0.39 is 24.5 Å². The summed E-state index contributed by atoms with van der Waals surface area (Å²) in [4.78, 5) is 14.4. The molecule has 0 aliphatic heterocycles. The van der Waals surface area contributed by atoms with Gasteiger partial charge in [0.05, 0.1) is 31.3 Å². The number of hydrogen-bond donors (Lipinski definition) is 1. The molecule has 19 heavy (non-hydrogen) atoms. The second-order valence-electron chi connectivity index (χ2n) is 3.33. The van der Waals surface area contributed by atoms with Crippen molar-refractivity contribution in [3.8, 4) is 11.5 Å². The van der Waals surface area contributed by atoms with Crippen molar-refractivity contribution < 1.29 is 32.5 Å². The Labute approximate surface area is 110 Å². The minimum absolute atomic E-state index is 0.0101. The number of nitrogens with zero attached hydrogens (tertiary/aromatic N) is 1. The second-order valence-corrected chi connectivity index (χ2v) is 3.60. The molecule has 0 aliphatic rings. The van der Waals surface area contributed by atoms with E-state index in [2.05, 4.69) is 14.5 Å². The van der Waals surface area contributed by atoms with Crippen LogP contribution in [0, 0.1) is 0 Å². The highest BCUT2D eigenvalue weighted by atomic mass is 35.5. The van der Waals surface area contributed by atoms with Gasteiger partial charge in [0.15, 0.2) is 11.5 Å². The van der Waals surface area contributed by atoms with E-state index in [4.69, 9.17) is 16.7 Å². The largest absolute Gasteiger partial charge is 0.573 e. The minimum atomic E-state index is -4.98. The normalized spacial score (nSPS) is 11.2. The van der Waals surface area contributed by atoms with Gasteiger partial charge in [-0.25, -0.2) is 0 Å². The maximum absolute atomic E-state index is 12.3. The Kier molecular flexibility index (Phi) is 4.82. The lowest BCUT2D eigenvalue weighted by atomic mass is 10.1. The van der Waals surface area contributed by atoms with Crippen molar-refractivity contribution in [2.75, 3.05) is 7.11 Å². The van der Waals surface area contributed by atoms with Gasteiger partial charge in [-0.1, -0.05) is 0 Å². The molecular formula is C10H9ClF3NO4. The van der Waals surface area contributed by atoms with Crippen molar-refractivity contribution in [1.29, 1.82) is 0 Å². The summed E-state index contributed by atoms with van der Waals surface area (Å²) >= 11 is 5.52. The number of halogens is 4. The molecule has 0 saturated carbocycles. The van der Waals surface area contributed by atoms with Crippen molar-refractivity contribution in [2.24, 2.45) is 0 Å². The Hall–Kier alpha value is -1.70. The maximum Gasteiger partial charge on any atom is 0.573 e. The zero-order valence-corrected chi connectivity index (χ0v) is 10.4. The average molecular weight is 300 g/mol. The molecule has 9 heteroatoms. The van der Waals surface area contributed by atoms with Crippen LogP contribution in [0.15, 0.2) is 6.20 Å². The zero-order valence-electron chi connectivity index (χ0n) is 9.62. The van der Waals surface area contributed by atoms with Crippen LogP contribution in [-0.4, -0.2) is 29.5 Å². The van der Waals surface area contributed by atoms with E-state index >= 15 is 0 Å². The molecule has 0 amide bonds. The molecule has 106 valence electrons. The highest BCUT2D eigenvalue weighted by Crippen LogP contribution is 2.37. The van der Waals surface area contributed by atoms with Gasteiger partial charge in [-0.05, 0) is 0 Å². The molecule has 0 spiro atoms. The first-order valence-corrected chi connectivity index (χ1v) is 5.40.